The largest absolute Gasteiger partial charge is 0.393 e. The van der Waals surface area contributed by atoms with Crippen LogP contribution in [0.3, 0.4) is 0 Å². The van der Waals surface area contributed by atoms with Crippen molar-refractivity contribution < 1.29 is 4.39 Å². The third-order valence-corrected chi connectivity index (χ3v) is 1.85. The van der Waals surface area contributed by atoms with Gasteiger partial charge in [0.05, 0.1) is 17.4 Å². The van der Waals surface area contributed by atoms with Gasteiger partial charge in [-0.15, -0.1) is 0 Å². The Hall–Kier alpha value is -1.30. The first-order chi connectivity index (χ1) is 6.59. The molecule has 0 saturated heterocycles. The molecule has 1 aromatic heterocycles. The van der Waals surface area contributed by atoms with Gasteiger partial charge in [0.2, 0.25) is 5.95 Å². The highest BCUT2D eigenvalue weighted by molar-refractivity contribution is 7.80. The Morgan fingerprint density at radius 3 is 2.64 bits per heavy atom. The molecule has 14 heavy (non-hydrogen) atoms. The summed E-state index contributed by atoms with van der Waals surface area (Å²) in [6, 6.07) is 0. The van der Waals surface area contributed by atoms with E-state index in [0.717, 1.165) is 12.4 Å². The normalized spacial score (nSPS) is 9.86. The molecule has 1 rings (SSSR count). The van der Waals surface area contributed by atoms with Crippen molar-refractivity contribution in [2.24, 2.45) is 5.73 Å². The Kier molecular flexibility index (Phi) is 3.70. The summed E-state index contributed by atoms with van der Waals surface area (Å²) in [6.45, 7) is 0.626. The summed E-state index contributed by atoms with van der Waals surface area (Å²) >= 11 is 4.73. The van der Waals surface area contributed by atoms with Gasteiger partial charge in [-0.25, -0.2) is 14.4 Å². The molecule has 6 heteroatoms. The maximum absolute atomic E-state index is 12.5. The summed E-state index contributed by atoms with van der Waals surface area (Å²) in [6.07, 6.45) is 2.84. The van der Waals surface area contributed by atoms with Crippen molar-refractivity contribution in [1.29, 1.82) is 0 Å². The number of anilines is 1. The topological polar surface area (TPSA) is 55.0 Å². The van der Waals surface area contributed by atoms with Gasteiger partial charge in [-0.05, 0) is 0 Å². The highest BCUT2D eigenvalue weighted by Gasteiger charge is 2.03. The lowest BCUT2D eigenvalue weighted by atomic mass is 10.4. The highest BCUT2D eigenvalue weighted by atomic mass is 32.1. The Labute approximate surface area is 87.0 Å². The van der Waals surface area contributed by atoms with Crippen LogP contribution >= 0.6 is 12.2 Å². The first-order valence-corrected chi connectivity index (χ1v) is 4.47. The molecule has 0 aliphatic rings. The molecule has 0 saturated carbocycles. The number of thiocarbonyl (C=S) groups is 1. The second-order valence-electron chi connectivity index (χ2n) is 2.84. The molecule has 0 aliphatic heterocycles. The van der Waals surface area contributed by atoms with Gasteiger partial charge in [0.1, 0.15) is 0 Å². The summed E-state index contributed by atoms with van der Waals surface area (Å²) in [4.78, 5) is 9.83. The molecule has 0 radical (unpaired) electrons. The van der Waals surface area contributed by atoms with Crippen LogP contribution < -0.4 is 10.6 Å². The van der Waals surface area contributed by atoms with E-state index < -0.39 is 5.82 Å². The standard InChI is InChI=1S/C8H11FN4S/c1-13(3-2-7(10)14)8-11-4-6(9)5-12-8/h4-5H,2-3H2,1H3,(H2,10,14). The Morgan fingerprint density at radius 2 is 2.14 bits per heavy atom. The van der Waals surface area contributed by atoms with Gasteiger partial charge >= 0.3 is 0 Å². The maximum Gasteiger partial charge on any atom is 0.225 e. The Balaban J connectivity index is 2.56. The molecule has 0 aromatic carbocycles. The van der Waals surface area contributed by atoms with Crippen LogP contribution in [0.5, 0.6) is 0 Å². The summed E-state index contributed by atoms with van der Waals surface area (Å²) in [5, 5.41) is 0. The van der Waals surface area contributed by atoms with E-state index >= 15 is 0 Å². The van der Waals surface area contributed by atoms with E-state index in [9.17, 15) is 4.39 Å². The molecule has 0 fully saturated rings. The van der Waals surface area contributed by atoms with Gasteiger partial charge in [0, 0.05) is 20.0 Å². The lowest BCUT2D eigenvalue weighted by Gasteiger charge is -2.15. The minimum atomic E-state index is -0.448. The summed E-state index contributed by atoms with van der Waals surface area (Å²) in [5.41, 5.74) is 5.35. The maximum atomic E-state index is 12.5. The van der Waals surface area contributed by atoms with Crippen LogP contribution in [0.15, 0.2) is 12.4 Å². The van der Waals surface area contributed by atoms with Gasteiger partial charge in [-0.1, -0.05) is 12.2 Å². The van der Waals surface area contributed by atoms with E-state index in [0.29, 0.717) is 23.9 Å². The van der Waals surface area contributed by atoms with E-state index in [1.807, 2.05) is 0 Å². The fourth-order valence-electron chi connectivity index (χ4n) is 0.880. The lowest BCUT2D eigenvalue weighted by molar-refractivity contribution is 0.612. The van der Waals surface area contributed by atoms with Crippen LogP contribution in [0.25, 0.3) is 0 Å². The minimum Gasteiger partial charge on any atom is -0.393 e. The summed E-state index contributed by atoms with van der Waals surface area (Å²) < 4.78 is 12.5. The molecule has 4 nitrogen and oxygen atoms in total. The molecule has 0 atom stereocenters. The predicted molar refractivity (Wildman–Crippen MR) is 56.7 cm³/mol. The molecule has 1 heterocycles. The van der Waals surface area contributed by atoms with Crippen molar-refractivity contribution in [3.05, 3.63) is 18.2 Å². The molecule has 0 amide bonds. The van der Waals surface area contributed by atoms with E-state index in [1.165, 1.54) is 0 Å². The predicted octanol–water partition coefficient (Wildman–Crippen LogP) is 0.728. The molecule has 0 unspecified atom stereocenters. The summed E-state index contributed by atoms with van der Waals surface area (Å²) in [7, 11) is 1.80. The van der Waals surface area contributed by atoms with Gasteiger partial charge in [0.15, 0.2) is 5.82 Å². The number of hydrogen-bond donors (Lipinski definition) is 1. The van der Waals surface area contributed by atoms with Crippen molar-refractivity contribution in [3.8, 4) is 0 Å². The molecular formula is C8H11FN4S. The number of hydrogen-bond acceptors (Lipinski definition) is 4. The van der Waals surface area contributed by atoms with Crippen LogP contribution in [-0.2, 0) is 0 Å². The van der Waals surface area contributed by atoms with Crippen LogP contribution in [0.2, 0.25) is 0 Å². The zero-order valence-electron chi connectivity index (χ0n) is 7.77. The third kappa shape index (κ3) is 3.21. The number of nitrogens with two attached hydrogens (primary N) is 1. The van der Waals surface area contributed by atoms with Crippen molar-refractivity contribution >= 4 is 23.2 Å². The van der Waals surface area contributed by atoms with Crippen molar-refractivity contribution in [2.45, 2.75) is 6.42 Å². The molecule has 2 N–H and O–H groups in total. The third-order valence-electron chi connectivity index (χ3n) is 1.64. The second kappa shape index (κ2) is 4.80. The number of aromatic nitrogens is 2. The van der Waals surface area contributed by atoms with Crippen LogP contribution in [0.4, 0.5) is 10.3 Å². The van der Waals surface area contributed by atoms with Gasteiger partial charge < -0.3 is 10.6 Å². The molecular weight excluding hydrogens is 203 g/mol. The number of rotatable bonds is 4. The fourth-order valence-corrected chi connectivity index (χ4v) is 0.972. The van der Waals surface area contributed by atoms with Gasteiger partial charge in [0.25, 0.3) is 0 Å². The van der Waals surface area contributed by atoms with Crippen LogP contribution in [0, 0.1) is 5.82 Å². The van der Waals surface area contributed by atoms with Crippen LogP contribution in [0.1, 0.15) is 6.42 Å². The molecule has 1 aromatic rings. The van der Waals surface area contributed by atoms with Crippen molar-refractivity contribution in [2.75, 3.05) is 18.5 Å². The smallest absolute Gasteiger partial charge is 0.225 e. The lowest BCUT2D eigenvalue weighted by Crippen LogP contribution is -2.24. The average molecular weight is 214 g/mol. The monoisotopic (exact) mass is 214 g/mol. The van der Waals surface area contributed by atoms with Crippen LogP contribution in [-0.4, -0.2) is 28.5 Å². The number of halogens is 1. The Bertz CT molecular complexity index is 314. The zero-order chi connectivity index (χ0) is 10.6. The highest BCUT2D eigenvalue weighted by Crippen LogP contribution is 2.04. The SMILES string of the molecule is CN(CCC(N)=S)c1ncc(F)cn1. The molecule has 0 bridgehead atoms. The molecule has 0 spiro atoms. The average Bonchev–Trinajstić information content (AvgIpc) is 2.15. The fraction of sp³-hybridized carbons (Fsp3) is 0.375. The van der Waals surface area contributed by atoms with E-state index in [1.54, 1.807) is 11.9 Å². The molecule has 0 aliphatic carbocycles. The van der Waals surface area contributed by atoms with E-state index in [4.69, 9.17) is 18.0 Å². The minimum absolute atomic E-state index is 0.443. The first-order valence-electron chi connectivity index (χ1n) is 4.06. The first kappa shape index (κ1) is 10.8. The van der Waals surface area contributed by atoms with Gasteiger partial charge in [-0.3, -0.25) is 0 Å². The van der Waals surface area contributed by atoms with Gasteiger partial charge in [-0.2, -0.15) is 0 Å². The Morgan fingerprint density at radius 1 is 1.57 bits per heavy atom. The summed E-state index contributed by atoms with van der Waals surface area (Å²) in [5.74, 6) is 0.0131. The van der Waals surface area contributed by atoms with Crippen molar-refractivity contribution in [3.63, 3.8) is 0 Å². The number of nitrogens with zero attached hydrogens (tertiary/aromatic N) is 3. The zero-order valence-corrected chi connectivity index (χ0v) is 8.59. The van der Waals surface area contributed by atoms with E-state index in [2.05, 4.69) is 9.97 Å². The second-order valence-corrected chi connectivity index (χ2v) is 3.36. The van der Waals surface area contributed by atoms with E-state index in [-0.39, 0.29) is 0 Å². The quantitative estimate of drug-likeness (QED) is 0.749. The van der Waals surface area contributed by atoms with Crippen molar-refractivity contribution in [1.82, 2.24) is 9.97 Å². The molecule has 76 valence electrons.